The van der Waals surface area contributed by atoms with E-state index in [2.05, 4.69) is 31.2 Å². The molecule has 1 aromatic heterocycles. The predicted octanol–water partition coefficient (Wildman–Crippen LogP) is 3.58. The Morgan fingerprint density at radius 1 is 1.21 bits per heavy atom. The third-order valence-corrected chi connectivity index (χ3v) is 3.27. The Morgan fingerprint density at radius 3 is 2.89 bits per heavy atom. The monoisotopic (exact) mass is 315 g/mol. The van der Waals surface area contributed by atoms with Crippen LogP contribution in [-0.4, -0.2) is 15.9 Å². The molecule has 2 N–H and O–H groups in total. The van der Waals surface area contributed by atoms with E-state index < -0.39 is 0 Å². The molecule has 0 saturated carbocycles. The van der Waals surface area contributed by atoms with E-state index in [0.29, 0.717) is 11.1 Å². The van der Waals surface area contributed by atoms with Crippen LogP contribution in [0.3, 0.4) is 0 Å². The highest BCUT2D eigenvalue weighted by atomic mass is 79.9. The fraction of sp³-hybridized carbons (Fsp3) is 0. The van der Waals surface area contributed by atoms with Crippen molar-refractivity contribution < 1.29 is 4.79 Å². The topological polar surface area (TPSA) is 57.8 Å². The molecule has 0 atom stereocenters. The van der Waals surface area contributed by atoms with Crippen molar-refractivity contribution in [1.82, 2.24) is 9.97 Å². The minimum absolute atomic E-state index is 0.171. The number of anilines is 1. The number of carbonyl (C=O) groups excluding carboxylic acids is 1. The van der Waals surface area contributed by atoms with Crippen LogP contribution in [-0.2, 0) is 0 Å². The maximum absolute atomic E-state index is 12.3. The zero-order valence-corrected chi connectivity index (χ0v) is 11.4. The van der Waals surface area contributed by atoms with Crippen molar-refractivity contribution in [3.05, 3.63) is 58.8 Å². The second-order valence-electron chi connectivity index (χ2n) is 4.07. The number of halogens is 1. The maximum atomic E-state index is 12.3. The van der Waals surface area contributed by atoms with Crippen LogP contribution in [0.1, 0.15) is 10.4 Å². The number of rotatable bonds is 2. The quantitative estimate of drug-likeness (QED) is 0.759. The summed E-state index contributed by atoms with van der Waals surface area (Å²) in [6.07, 6.45) is 1.58. The van der Waals surface area contributed by atoms with Crippen LogP contribution in [0.2, 0.25) is 0 Å². The Hall–Kier alpha value is -2.14. The van der Waals surface area contributed by atoms with Crippen LogP contribution in [0, 0.1) is 0 Å². The molecule has 3 rings (SSSR count). The Kier molecular flexibility index (Phi) is 3.05. The van der Waals surface area contributed by atoms with E-state index in [1.54, 1.807) is 12.4 Å². The van der Waals surface area contributed by atoms with Crippen LogP contribution in [0.25, 0.3) is 11.0 Å². The lowest BCUT2D eigenvalue weighted by Gasteiger charge is -2.06. The first-order valence-corrected chi connectivity index (χ1v) is 6.52. The van der Waals surface area contributed by atoms with Crippen molar-refractivity contribution in [3.8, 4) is 0 Å². The molecule has 0 unspecified atom stereocenters. The number of amides is 1. The highest BCUT2D eigenvalue weighted by molar-refractivity contribution is 9.10. The first kappa shape index (κ1) is 11.9. The first-order valence-electron chi connectivity index (χ1n) is 5.73. The van der Waals surface area contributed by atoms with Crippen LogP contribution < -0.4 is 5.32 Å². The number of carbonyl (C=O) groups is 1. The lowest BCUT2D eigenvalue weighted by molar-refractivity contribution is 0.102. The number of aromatic nitrogens is 2. The molecule has 0 aliphatic rings. The highest BCUT2D eigenvalue weighted by Gasteiger charge is 2.11. The summed E-state index contributed by atoms with van der Waals surface area (Å²) < 4.78 is 0.920. The van der Waals surface area contributed by atoms with Crippen LogP contribution in [0.15, 0.2) is 53.3 Å². The van der Waals surface area contributed by atoms with E-state index in [1.165, 1.54) is 0 Å². The largest absolute Gasteiger partial charge is 0.345 e. The molecule has 0 bridgehead atoms. The summed E-state index contributed by atoms with van der Waals surface area (Å²) in [5.41, 5.74) is 2.82. The number of hydrogen-bond donors (Lipinski definition) is 2. The van der Waals surface area contributed by atoms with Gasteiger partial charge in [0, 0.05) is 10.2 Å². The summed E-state index contributed by atoms with van der Waals surface area (Å²) in [6, 6.07) is 12.9. The lowest BCUT2D eigenvalue weighted by Crippen LogP contribution is -2.12. The van der Waals surface area contributed by atoms with Crippen molar-refractivity contribution >= 4 is 38.6 Å². The number of nitrogens with zero attached hydrogens (tertiary/aromatic N) is 1. The third kappa shape index (κ3) is 2.37. The summed E-state index contributed by atoms with van der Waals surface area (Å²) in [5, 5.41) is 2.86. The fourth-order valence-electron chi connectivity index (χ4n) is 1.91. The Morgan fingerprint density at radius 2 is 2.05 bits per heavy atom. The van der Waals surface area contributed by atoms with E-state index in [0.717, 1.165) is 15.7 Å². The van der Waals surface area contributed by atoms with Crippen molar-refractivity contribution in [3.63, 3.8) is 0 Å². The molecule has 2 aromatic carbocycles. The number of aromatic amines is 1. The van der Waals surface area contributed by atoms with Crippen LogP contribution in [0.4, 0.5) is 5.69 Å². The number of nitrogens with one attached hydrogen (secondary N) is 2. The van der Waals surface area contributed by atoms with Gasteiger partial charge in [-0.3, -0.25) is 4.79 Å². The minimum atomic E-state index is -0.171. The van der Waals surface area contributed by atoms with Crippen molar-refractivity contribution in [1.29, 1.82) is 0 Å². The molecule has 4 nitrogen and oxygen atoms in total. The molecule has 3 aromatic rings. The molecule has 19 heavy (non-hydrogen) atoms. The van der Waals surface area contributed by atoms with Gasteiger partial charge in [-0.1, -0.05) is 28.1 Å². The Bertz CT molecular complexity index is 751. The number of imidazole rings is 1. The molecule has 0 fully saturated rings. The molecular weight excluding hydrogens is 306 g/mol. The normalized spacial score (nSPS) is 10.6. The standard InChI is InChI=1S/C14H10BrN3O/c15-9-3-1-4-10(7-9)18-14(19)11-5-2-6-12-13(11)17-8-16-12/h1-8H,(H,16,17)(H,18,19). The van der Waals surface area contributed by atoms with Crippen molar-refractivity contribution in [2.24, 2.45) is 0 Å². The van der Waals surface area contributed by atoms with Gasteiger partial charge in [-0.05, 0) is 30.3 Å². The molecule has 5 heteroatoms. The molecule has 0 saturated heterocycles. The Balaban J connectivity index is 1.94. The molecule has 0 aliphatic heterocycles. The molecular formula is C14H10BrN3O. The average molecular weight is 316 g/mol. The van der Waals surface area contributed by atoms with Gasteiger partial charge in [0.05, 0.1) is 17.4 Å². The predicted molar refractivity (Wildman–Crippen MR) is 78.2 cm³/mol. The smallest absolute Gasteiger partial charge is 0.257 e. The van der Waals surface area contributed by atoms with E-state index in [9.17, 15) is 4.79 Å². The minimum Gasteiger partial charge on any atom is -0.345 e. The second-order valence-corrected chi connectivity index (χ2v) is 4.98. The maximum Gasteiger partial charge on any atom is 0.257 e. The Labute approximate surface area is 118 Å². The van der Waals surface area contributed by atoms with Crippen molar-refractivity contribution in [2.45, 2.75) is 0 Å². The summed E-state index contributed by atoms with van der Waals surface area (Å²) in [6.45, 7) is 0. The highest BCUT2D eigenvalue weighted by Crippen LogP contribution is 2.19. The van der Waals surface area contributed by atoms with Gasteiger partial charge < -0.3 is 10.3 Å². The average Bonchev–Trinajstić information content (AvgIpc) is 2.86. The number of H-pyrrole nitrogens is 1. The molecule has 0 spiro atoms. The number of fused-ring (bicyclic) bond motifs is 1. The number of para-hydroxylation sites is 1. The zero-order chi connectivity index (χ0) is 13.2. The van der Waals surface area contributed by atoms with Gasteiger partial charge >= 0.3 is 0 Å². The van der Waals surface area contributed by atoms with Gasteiger partial charge in [0.25, 0.3) is 5.91 Å². The van der Waals surface area contributed by atoms with Crippen LogP contribution >= 0.6 is 15.9 Å². The van der Waals surface area contributed by atoms with Gasteiger partial charge in [0.2, 0.25) is 0 Å². The number of benzene rings is 2. The molecule has 0 radical (unpaired) electrons. The van der Waals surface area contributed by atoms with E-state index in [4.69, 9.17) is 0 Å². The van der Waals surface area contributed by atoms with Crippen LogP contribution in [0.5, 0.6) is 0 Å². The summed E-state index contributed by atoms with van der Waals surface area (Å²) in [4.78, 5) is 19.4. The van der Waals surface area contributed by atoms with Gasteiger partial charge in [-0.15, -0.1) is 0 Å². The van der Waals surface area contributed by atoms with Gasteiger partial charge in [-0.2, -0.15) is 0 Å². The second kappa shape index (κ2) is 4.85. The van der Waals surface area contributed by atoms with Gasteiger partial charge in [-0.25, -0.2) is 4.98 Å². The van der Waals surface area contributed by atoms with Gasteiger partial charge in [0.1, 0.15) is 5.52 Å². The number of hydrogen-bond acceptors (Lipinski definition) is 2. The summed E-state index contributed by atoms with van der Waals surface area (Å²) >= 11 is 3.37. The molecule has 0 aliphatic carbocycles. The van der Waals surface area contributed by atoms with Gasteiger partial charge in [0.15, 0.2) is 0 Å². The van der Waals surface area contributed by atoms with E-state index in [1.807, 2.05) is 36.4 Å². The first-order chi connectivity index (χ1) is 9.24. The summed E-state index contributed by atoms with van der Waals surface area (Å²) in [7, 11) is 0. The zero-order valence-electron chi connectivity index (χ0n) is 9.85. The molecule has 1 heterocycles. The fourth-order valence-corrected chi connectivity index (χ4v) is 2.31. The summed E-state index contributed by atoms with van der Waals surface area (Å²) in [5.74, 6) is -0.171. The molecule has 1 amide bonds. The third-order valence-electron chi connectivity index (χ3n) is 2.78. The van der Waals surface area contributed by atoms with E-state index in [-0.39, 0.29) is 5.91 Å². The molecule has 94 valence electrons. The van der Waals surface area contributed by atoms with Crippen molar-refractivity contribution in [2.75, 3.05) is 5.32 Å². The SMILES string of the molecule is O=C(Nc1cccc(Br)c1)c1cccc2[nH]cnc12. The van der Waals surface area contributed by atoms with E-state index >= 15 is 0 Å². The lowest BCUT2D eigenvalue weighted by atomic mass is 10.1.